The number of nitrogens with one attached hydrogen (secondary N) is 2. The number of nitrogens with zero attached hydrogens (tertiary/aromatic N) is 2. The maximum absolute atomic E-state index is 12.8. The van der Waals surface area contributed by atoms with Crippen molar-refractivity contribution in [2.24, 2.45) is 0 Å². The average molecular weight is 425 g/mol. The molecule has 1 heterocycles. The highest BCUT2D eigenvalue weighted by molar-refractivity contribution is 7.89. The lowest BCUT2D eigenvalue weighted by molar-refractivity contribution is -0.121. The highest BCUT2D eigenvalue weighted by atomic mass is 32.2. The summed E-state index contributed by atoms with van der Waals surface area (Å²) in [4.78, 5) is 26.0. The van der Waals surface area contributed by atoms with E-state index < -0.39 is 27.5 Å². The molecule has 0 bridgehead atoms. The predicted octanol–water partition coefficient (Wildman–Crippen LogP) is 1.57. The third-order valence-electron chi connectivity index (χ3n) is 4.54. The van der Waals surface area contributed by atoms with Crippen LogP contribution in [-0.4, -0.2) is 67.8 Å². The molecule has 1 aliphatic heterocycles. The third-order valence-corrected chi connectivity index (χ3v) is 6.45. The molecule has 0 unspecified atom stereocenters. The molecule has 1 aromatic rings. The first-order chi connectivity index (χ1) is 13.5. The summed E-state index contributed by atoms with van der Waals surface area (Å²) in [5.74, 6) is -0.408. The Kier molecular flexibility index (Phi) is 7.79. The van der Waals surface area contributed by atoms with E-state index in [1.165, 1.54) is 4.31 Å². The van der Waals surface area contributed by atoms with Gasteiger partial charge in [-0.1, -0.05) is 25.5 Å². The lowest BCUT2D eigenvalue weighted by atomic mass is 10.1. The van der Waals surface area contributed by atoms with E-state index in [1.807, 2.05) is 37.8 Å². The molecule has 1 aromatic carbocycles. The maximum atomic E-state index is 12.8. The van der Waals surface area contributed by atoms with Gasteiger partial charge in [0.05, 0.1) is 11.4 Å². The first kappa shape index (κ1) is 23.3. The van der Waals surface area contributed by atoms with Gasteiger partial charge in [0.1, 0.15) is 0 Å². The van der Waals surface area contributed by atoms with Crippen LogP contribution in [0.1, 0.15) is 39.7 Å². The van der Waals surface area contributed by atoms with Crippen LogP contribution in [0, 0.1) is 0 Å². The average Bonchev–Trinajstić information content (AvgIpc) is 2.61. The molecule has 8 nitrogen and oxygen atoms in total. The van der Waals surface area contributed by atoms with Crippen LogP contribution >= 0.6 is 0 Å². The zero-order valence-electron chi connectivity index (χ0n) is 17.7. The second kappa shape index (κ2) is 9.69. The van der Waals surface area contributed by atoms with Crippen LogP contribution in [0.5, 0.6) is 0 Å². The number of hydrogen-bond acceptors (Lipinski definition) is 5. The summed E-state index contributed by atoms with van der Waals surface area (Å²) < 4.78 is 27.1. The standard InChI is InChI=1S/C20H32N4O4S/c1-5-6-16-7-9-17(10-8-16)29(27,28)24-13-11-23(12-14-24)15-18(25)21-19(26)22-20(2,3)4/h7-10H,5-6,11-15H2,1-4H3,(H2,21,22,25,26). The molecule has 2 rings (SSSR count). The number of urea groups is 1. The van der Waals surface area contributed by atoms with E-state index in [4.69, 9.17) is 0 Å². The molecule has 1 saturated heterocycles. The largest absolute Gasteiger partial charge is 0.333 e. The molecule has 0 saturated carbocycles. The molecule has 0 aromatic heterocycles. The summed E-state index contributed by atoms with van der Waals surface area (Å²) in [5.41, 5.74) is 0.691. The van der Waals surface area contributed by atoms with Crippen molar-refractivity contribution >= 4 is 22.0 Å². The van der Waals surface area contributed by atoms with Crippen molar-refractivity contribution in [3.8, 4) is 0 Å². The number of aryl methyl sites for hydroxylation is 1. The topological polar surface area (TPSA) is 98.8 Å². The van der Waals surface area contributed by atoms with Gasteiger partial charge in [0.15, 0.2) is 0 Å². The molecule has 29 heavy (non-hydrogen) atoms. The number of sulfonamides is 1. The summed E-state index contributed by atoms with van der Waals surface area (Å²) in [7, 11) is -3.54. The molecule has 0 aliphatic carbocycles. The fourth-order valence-corrected chi connectivity index (χ4v) is 4.56. The van der Waals surface area contributed by atoms with Gasteiger partial charge < -0.3 is 5.32 Å². The Balaban J connectivity index is 1.86. The van der Waals surface area contributed by atoms with Crippen LogP contribution in [0.3, 0.4) is 0 Å². The predicted molar refractivity (Wildman–Crippen MR) is 112 cm³/mol. The van der Waals surface area contributed by atoms with E-state index in [-0.39, 0.29) is 6.54 Å². The summed E-state index contributed by atoms with van der Waals surface area (Å²) >= 11 is 0. The SMILES string of the molecule is CCCc1ccc(S(=O)(=O)N2CCN(CC(=O)NC(=O)NC(C)(C)C)CC2)cc1. The number of carbonyl (C=O) groups is 2. The van der Waals surface area contributed by atoms with Gasteiger partial charge >= 0.3 is 6.03 Å². The van der Waals surface area contributed by atoms with Crippen LogP contribution in [0.25, 0.3) is 0 Å². The minimum atomic E-state index is -3.54. The number of rotatable bonds is 6. The molecule has 1 fully saturated rings. The smallest absolute Gasteiger partial charge is 0.321 e. The molecular weight excluding hydrogens is 392 g/mol. The fourth-order valence-electron chi connectivity index (χ4n) is 3.13. The summed E-state index contributed by atoms with van der Waals surface area (Å²) in [6.07, 6.45) is 1.94. The van der Waals surface area contributed by atoms with Crippen LogP contribution in [0.15, 0.2) is 29.2 Å². The minimum absolute atomic E-state index is 0.0527. The Morgan fingerprint density at radius 3 is 2.14 bits per heavy atom. The number of carbonyl (C=O) groups excluding carboxylic acids is 2. The summed E-state index contributed by atoms with van der Waals surface area (Å²) in [5, 5.41) is 4.97. The molecule has 2 N–H and O–H groups in total. The van der Waals surface area contributed by atoms with Gasteiger partial charge in [-0.15, -0.1) is 0 Å². The van der Waals surface area contributed by atoms with Crippen LogP contribution in [0.4, 0.5) is 4.79 Å². The lowest BCUT2D eigenvalue weighted by Crippen LogP contribution is -2.53. The second-order valence-electron chi connectivity index (χ2n) is 8.33. The zero-order valence-corrected chi connectivity index (χ0v) is 18.5. The molecule has 162 valence electrons. The van der Waals surface area contributed by atoms with Crippen molar-refractivity contribution in [2.45, 2.75) is 51.0 Å². The van der Waals surface area contributed by atoms with Crippen molar-refractivity contribution in [3.05, 3.63) is 29.8 Å². The second-order valence-corrected chi connectivity index (χ2v) is 10.3. The molecule has 0 spiro atoms. The van der Waals surface area contributed by atoms with E-state index in [9.17, 15) is 18.0 Å². The van der Waals surface area contributed by atoms with Crippen molar-refractivity contribution in [1.29, 1.82) is 0 Å². The number of amides is 3. The Morgan fingerprint density at radius 2 is 1.62 bits per heavy atom. The summed E-state index contributed by atoms with van der Waals surface area (Å²) in [6.45, 7) is 9.10. The molecular formula is C20H32N4O4S. The van der Waals surface area contributed by atoms with Gasteiger partial charge in [0, 0.05) is 31.7 Å². The van der Waals surface area contributed by atoms with E-state index in [2.05, 4.69) is 17.6 Å². The highest BCUT2D eigenvalue weighted by Crippen LogP contribution is 2.18. The van der Waals surface area contributed by atoms with E-state index >= 15 is 0 Å². The van der Waals surface area contributed by atoms with Crippen molar-refractivity contribution in [1.82, 2.24) is 19.8 Å². The van der Waals surface area contributed by atoms with Gasteiger partial charge in [-0.3, -0.25) is 15.0 Å². The third kappa shape index (κ3) is 7.09. The molecule has 0 radical (unpaired) electrons. The number of piperazine rings is 1. The van der Waals surface area contributed by atoms with Crippen molar-refractivity contribution in [2.75, 3.05) is 32.7 Å². The fraction of sp³-hybridized carbons (Fsp3) is 0.600. The highest BCUT2D eigenvalue weighted by Gasteiger charge is 2.29. The quantitative estimate of drug-likeness (QED) is 0.722. The number of imide groups is 1. The van der Waals surface area contributed by atoms with E-state index in [1.54, 1.807) is 12.1 Å². The van der Waals surface area contributed by atoms with Gasteiger partial charge in [0.25, 0.3) is 0 Å². The molecule has 3 amide bonds. The van der Waals surface area contributed by atoms with Crippen molar-refractivity contribution in [3.63, 3.8) is 0 Å². The Hall–Kier alpha value is -1.97. The van der Waals surface area contributed by atoms with E-state index in [0.29, 0.717) is 31.1 Å². The lowest BCUT2D eigenvalue weighted by Gasteiger charge is -2.33. The first-order valence-corrected chi connectivity index (χ1v) is 11.4. The monoisotopic (exact) mass is 424 g/mol. The maximum Gasteiger partial charge on any atom is 0.321 e. The Bertz CT molecular complexity index is 808. The zero-order chi connectivity index (χ0) is 21.7. The summed E-state index contributed by atoms with van der Waals surface area (Å²) in [6, 6.07) is 6.51. The van der Waals surface area contributed by atoms with Crippen molar-refractivity contribution < 1.29 is 18.0 Å². The Labute approximate surface area is 173 Å². The molecule has 0 atom stereocenters. The van der Waals surface area contributed by atoms with Gasteiger partial charge in [-0.2, -0.15) is 4.31 Å². The first-order valence-electron chi connectivity index (χ1n) is 9.94. The molecule has 9 heteroatoms. The number of benzene rings is 1. The van der Waals surface area contributed by atoms with Crippen LogP contribution in [0.2, 0.25) is 0 Å². The van der Waals surface area contributed by atoms with Crippen LogP contribution in [-0.2, 0) is 21.2 Å². The normalized spacial score (nSPS) is 16.4. The van der Waals surface area contributed by atoms with Gasteiger partial charge in [0.2, 0.25) is 15.9 Å². The minimum Gasteiger partial charge on any atom is -0.333 e. The Morgan fingerprint density at radius 1 is 1.03 bits per heavy atom. The number of hydrogen-bond donors (Lipinski definition) is 2. The van der Waals surface area contributed by atoms with Gasteiger partial charge in [-0.05, 0) is 44.9 Å². The van der Waals surface area contributed by atoms with Crippen LogP contribution < -0.4 is 10.6 Å². The van der Waals surface area contributed by atoms with E-state index in [0.717, 1.165) is 18.4 Å². The van der Waals surface area contributed by atoms with Gasteiger partial charge in [-0.25, -0.2) is 13.2 Å². The molecule has 1 aliphatic rings.